The Labute approximate surface area is 159 Å². The molecule has 3 N–H and O–H groups in total. The molecule has 0 aliphatic carbocycles. The van der Waals surface area contributed by atoms with Gasteiger partial charge in [-0.25, -0.2) is 13.2 Å². The molecule has 0 saturated heterocycles. The van der Waals surface area contributed by atoms with Crippen LogP contribution in [0.2, 0.25) is 0 Å². The minimum atomic E-state index is -0.774. The third-order valence-electron chi connectivity index (χ3n) is 4.35. The number of rotatable bonds is 4. The van der Waals surface area contributed by atoms with Crippen LogP contribution in [0.15, 0.2) is 41.4 Å². The molecule has 2 aromatic carbocycles. The molecule has 0 aromatic heterocycles. The first-order chi connectivity index (χ1) is 12.7. The molecular weight excluding hydrogens is 375 g/mol. The van der Waals surface area contributed by atoms with Crippen molar-refractivity contribution in [3.63, 3.8) is 0 Å². The number of aliphatic imine (C=N–C) groups is 1. The van der Waals surface area contributed by atoms with Crippen molar-refractivity contribution in [2.45, 2.75) is 25.3 Å². The van der Waals surface area contributed by atoms with E-state index in [9.17, 15) is 18.0 Å². The number of nitrogens with two attached hydrogens (primary N) is 1. The Morgan fingerprint density at radius 1 is 1.22 bits per heavy atom. The number of thioether (sulfide) groups is 1. The van der Waals surface area contributed by atoms with Crippen molar-refractivity contribution < 1.29 is 18.0 Å². The van der Waals surface area contributed by atoms with Crippen LogP contribution in [0.25, 0.3) is 0 Å². The van der Waals surface area contributed by atoms with E-state index in [1.165, 1.54) is 23.9 Å². The molecule has 0 radical (unpaired) electrons. The molecule has 27 heavy (non-hydrogen) atoms. The van der Waals surface area contributed by atoms with Crippen LogP contribution in [0.1, 0.15) is 24.5 Å². The topological polar surface area (TPSA) is 67.5 Å². The molecule has 1 aliphatic heterocycles. The number of halogens is 3. The largest absolute Gasteiger partial charge is 0.379 e. The highest BCUT2D eigenvalue weighted by Gasteiger charge is 2.30. The fourth-order valence-corrected chi connectivity index (χ4v) is 3.92. The average Bonchev–Trinajstić information content (AvgIpc) is 2.55. The zero-order chi connectivity index (χ0) is 19.6. The number of amides is 1. The van der Waals surface area contributed by atoms with E-state index < -0.39 is 28.9 Å². The summed E-state index contributed by atoms with van der Waals surface area (Å²) in [4.78, 5) is 16.7. The highest BCUT2D eigenvalue weighted by molar-refractivity contribution is 8.13. The van der Waals surface area contributed by atoms with E-state index in [1.54, 1.807) is 6.07 Å². The van der Waals surface area contributed by atoms with Crippen LogP contribution in [0.5, 0.6) is 0 Å². The SMILES string of the molecule is CC1(c2ccc(F)c(NC(=O)Cc3cc(F)cc(F)c3)c2)CCSC(N)=N1. The lowest BCUT2D eigenvalue weighted by molar-refractivity contribution is -0.115. The number of hydrogen-bond donors (Lipinski definition) is 2. The monoisotopic (exact) mass is 393 g/mol. The van der Waals surface area contributed by atoms with Crippen LogP contribution in [-0.2, 0) is 16.8 Å². The van der Waals surface area contributed by atoms with Crippen molar-refractivity contribution in [1.82, 2.24) is 0 Å². The number of carbonyl (C=O) groups is 1. The van der Waals surface area contributed by atoms with Crippen LogP contribution in [-0.4, -0.2) is 16.8 Å². The van der Waals surface area contributed by atoms with Gasteiger partial charge in [-0.15, -0.1) is 0 Å². The van der Waals surface area contributed by atoms with E-state index in [-0.39, 0.29) is 17.7 Å². The van der Waals surface area contributed by atoms with Gasteiger partial charge in [-0.05, 0) is 48.7 Å². The summed E-state index contributed by atoms with van der Waals surface area (Å²) in [5, 5.41) is 2.93. The molecule has 1 unspecified atom stereocenters. The van der Waals surface area contributed by atoms with Gasteiger partial charge >= 0.3 is 0 Å². The zero-order valence-electron chi connectivity index (χ0n) is 14.6. The van der Waals surface area contributed by atoms with Crippen molar-refractivity contribution in [3.8, 4) is 0 Å². The predicted octanol–water partition coefficient (Wildman–Crippen LogP) is 3.95. The summed E-state index contributed by atoms with van der Waals surface area (Å²) in [7, 11) is 0. The molecule has 2 aromatic rings. The second-order valence-corrected chi connectivity index (χ2v) is 7.63. The molecule has 8 heteroatoms. The summed E-state index contributed by atoms with van der Waals surface area (Å²) < 4.78 is 40.7. The Kier molecular flexibility index (Phi) is 5.46. The smallest absolute Gasteiger partial charge is 0.228 e. The summed E-state index contributed by atoms with van der Waals surface area (Å²) in [6.07, 6.45) is 0.442. The number of amidine groups is 1. The standard InChI is InChI=1S/C19H18F3N3OS/c1-19(4-5-27-18(23)25-19)12-2-3-15(22)16(9-12)24-17(26)8-11-6-13(20)10-14(21)7-11/h2-3,6-7,9-10H,4-5,8H2,1H3,(H2,23,25)(H,24,26). The normalized spacial score (nSPS) is 19.5. The summed E-state index contributed by atoms with van der Waals surface area (Å²) >= 11 is 1.46. The van der Waals surface area contributed by atoms with Crippen molar-refractivity contribution >= 4 is 28.5 Å². The van der Waals surface area contributed by atoms with Crippen LogP contribution < -0.4 is 11.1 Å². The average molecular weight is 393 g/mol. The van der Waals surface area contributed by atoms with Crippen LogP contribution >= 0.6 is 11.8 Å². The molecule has 1 heterocycles. The minimum Gasteiger partial charge on any atom is -0.379 e. The van der Waals surface area contributed by atoms with Gasteiger partial charge in [-0.1, -0.05) is 17.8 Å². The van der Waals surface area contributed by atoms with Crippen LogP contribution in [0.3, 0.4) is 0 Å². The molecule has 1 atom stereocenters. The lowest BCUT2D eigenvalue weighted by atomic mass is 9.89. The molecule has 0 saturated carbocycles. The maximum atomic E-state index is 14.2. The van der Waals surface area contributed by atoms with E-state index >= 15 is 0 Å². The maximum Gasteiger partial charge on any atom is 0.228 e. The van der Waals surface area contributed by atoms with Crippen molar-refractivity contribution in [2.24, 2.45) is 10.7 Å². The van der Waals surface area contributed by atoms with Crippen LogP contribution in [0, 0.1) is 17.5 Å². The van der Waals surface area contributed by atoms with Gasteiger partial charge in [0.1, 0.15) is 17.5 Å². The summed E-state index contributed by atoms with van der Waals surface area (Å²) in [5.74, 6) is -1.95. The Hall–Kier alpha value is -2.48. The van der Waals surface area contributed by atoms with Gasteiger partial charge in [-0.2, -0.15) is 0 Å². The van der Waals surface area contributed by atoms with E-state index in [1.807, 2.05) is 6.92 Å². The molecule has 1 aliphatic rings. The first-order valence-corrected chi connectivity index (χ1v) is 9.27. The Morgan fingerprint density at radius 2 is 1.93 bits per heavy atom. The number of carbonyl (C=O) groups excluding carboxylic acids is 1. The fourth-order valence-electron chi connectivity index (χ4n) is 2.94. The molecule has 1 amide bonds. The van der Waals surface area contributed by atoms with Gasteiger partial charge in [0.05, 0.1) is 17.6 Å². The highest BCUT2D eigenvalue weighted by Crippen LogP contribution is 2.36. The Bertz CT molecular complexity index is 899. The molecule has 0 spiro atoms. The van der Waals surface area contributed by atoms with E-state index in [0.717, 1.165) is 35.9 Å². The van der Waals surface area contributed by atoms with Gasteiger partial charge in [-0.3, -0.25) is 9.79 Å². The fraction of sp³-hybridized carbons (Fsp3) is 0.263. The third-order valence-corrected chi connectivity index (χ3v) is 5.14. The van der Waals surface area contributed by atoms with Gasteiger partial charge in [0.25, 0.3) is 0 Å². The molecular formula is C19H18F3N3OS. The number of hydrogen-bond acceptors (Lipinski definition) is 4. The number of benzene rings is 2. The molecule has 0 bridgehead atoms. The van der Waals surface area contributed by atoms with Gasteiger partial charge < -0.3 is 11.1 Å². The highest BCUT2D eigenvalue weighted by atomic mass is 32.2. The molecule has 0 fully saturated rings. The maximum absolute atomic E-state index is 14.2. The Balaban J connectivity index is 1.80. The molecule has 4 nitrogen and oxygen atoms in total. The lowest BCUT2D eigenvalue weighted by Gasteiger charge is -2.30. The van der Waals surface area contributed by atoms with E-state index in [4.69, 9.17) is 5.73 Å². The van der Waals surface area contributed by atoms with Crippen molar-refractivity contribution in [1.29, 1.82) is 0 Å². The first kappa shape index (κ1) is 19.3. The summed E-state index contributed by atoms with van der Waals surface area (Å²) in [6, 6.07) is 7.23. The van der Waals surface area contributed by atoms with Crippen LogP contribution in [0.4, 0.5) is 18.9 Å². The second-order valence-electron chi connectivity index (χ2n) is 6.52. The van der Waals surface area contributed by atoms with Gasteiger partial charge in [0, 0.05) is 11.8 Å². The van der Waals surface area contributed by atoms with E-state index in [2.05, 4.69) is 10.3 Å². The predicted molar refractivity (Wildman–Crippen MR) is 101 cm³/mol. The number of anilines is 1. The second kappa shape index (κ2) is 7.64. The van der Waals surface area contributed by atoms with Crippen molar-refractivity contribution in [3.05, 3.63) is 65.0 Å². The van der Waals surface area contributed by atoms with E-state index in [0.29, 0.717) is 5.17 Å². The first-order valence-electron chi connectivity index (χ1n) is 8.28. The minimum absolute atomic E-state index is 0.0115. The summed E-state index contributed by atoms with van der Waals surface area (Å²) in [5.41, 5.74) is 6.08. The van der Waals surface area contributed by atoms with Gasteiger partial charge in [0.15, 0.2) is 5.17 Å². The number of nitrogens with zero attached hydrogens (tertiary/aromatic N) is 1. The number of nitrogens with one attached hydrogen (secondary N) is 1. The quantitative estimate of drug-likeness (QED) is 0.827. The zero-order valence-corrected chi connectivity index (χ0v) is 15.4. The lowest BCUT2D eigenvalue weighted by Crippen LogP contribution is -2.29. The summed E-state index contributed by atoms with van der Waals surface area (Å²) in [6.45, 7) is 1.90. The molecule has 3 rings (SSSR count). The third kappa shape index (κ3) is 4.63. The van der Waals surface area contributed by atoms with Crippen molar-refractivity contribution in [2.75, 3.05) is 11.1 Å². The Morgan fingerprint density at radius 3 is 2.59 bits per heavy atom. The van der Waals surface area contributed by atoms with Gasteiger partial charge in [0.2, 0.25) is 5.91 Å². The molecule has 142 valence electrons.